The second kappa shape index (κ2) is 10.8. The van der Waals surface area contributed by atoms with E-state index in [0.717, 1.165) is 22.8 Å². The number of aromatic nitrogens is 3. The number of carbonyl (C=O) groups excluding carboxylic acids is 1. The molecule has 2 aromatic carbocycles. The van der Waals surface area contributed by atoms with Crippen LogP contribution in [0.25, 0.3) is 10.9 Å². The van der Waals surface area contributed by atoms with Gasteiger partial charge in [0.25, 0.3) is 5.91 Å². The Hall–Kier alpha value is -4.94. The molecule has 0 aliphatic heterocycles. The highest BCUT2D eigenvalue weighted by Gasteiger charge is 2.25. The zero-order valence-electron chi connectivity index (χ0n) is 21.7. The summed E-state index contributed by atoms with van der Waals surface area (Å²) in [5.74, 6) is -1.97. The van der Waals surface area contributed by atoms with Crippen LogP contribution in [0.1, 0.15) is 28.9 Å². The number of halogens is 2. The van der Waals surface area contributed by atoms with Gasteiger partial charge in [-0.1, -0.05) is 12.1 Å². The molecule has 0 aliphatic rings. The van der Waals surface area contributed by atoms with Crippen molar-refractivity contribution >= 4 is 46.0 Å². The highest BCUT2D eigenvalue weighted by atomic mass is 19.1. The van der Waals surface area contributed by atoms with E-state index in [4.69, 9.17) is 5.73 Å². The van der Waals surface area contributed by atoms with E-state index in [9.17, 15) is 19.1 Å². The van der Waals surface area contributed by atoms with Crippen LogP contribution in [-0.2, 0) is 7.05 Å². The number of pyridine rings is 1. The standard InChI is InChI=1S/C26H28F2N8O3/c1-13(30-26(38)39)21(14-6-5-7-15(27)10-14)32-24-19(28)12-18(22(29)37)23(33-24)31-16-8-9-20-17(11-16)25(35(2)3)34-36(20)4/h5-13,21,30H,1-4H3,(H2,29,37)(H,38,39)(H2,31,32,33)/t13-,21-/m0/s1. The number of hydrogen-bond acceptors (Lipinski definition) is 7. The number of nitrogens with one attached hydrogen (secondary N) is 3. The van der Waals surface area contributed by atoms with Gasteiger partial charge in [0.1, 0.15) is 11.6 Å². The zero-order valence-corrected chi connectivity index (χ0v) is 21.7. The summed E-state index contributed by atoms with van der Waals surface area (Å²) in [6.07, 6.45) is -1.31. The molecule has 0 radical (unpaired) electrons. The summed E-state index contributed by atoms with van der Waals surface area (Å²) in [5.41, 5.74) is 7.07. The summed E-state index contributed by atoms with van der Waals surface area (Å²) in [7, 11) is 5.55. The molecule has 0 fully saturated rings. The Morgan fingerprint density at radius 2 is 1.85 bits per heavy atom. The number of nitrogens with two attached hydrogens (primary N) is 1. The van der Waals surface area contributed by atoms with E-state index in [2.05, 4.69) is 26.0 Å². The van der Waals surface area contributed by atoms with Crippen LogP contribution in [0.4, 0.5) is 36.7 Å². The lowest BCUT2D eigenvalue weighted by molar-refractivity contribution is 0.1000. The molecule has 0 spiro atoms. The molecule has 4 rings (SSSR count). The van der Waals surface area contributed by atoms with Crippen molar-refractivity contribution in [1.82, 2.24) is 20.1 Å². The van der Waals surface area contributed by atoms with E-state index in [1.165, 1.54) is 25.1 Å². The van der Waals surface area contributed by atoms with Gasteiger partial charge in [-0.2, -0.15) is 5.10 Å². The molecule has 0 saturated heterocycles. The fourth-order valence-electron chi connectivity index (χ4n) is 4.29. The molecule has 4 aromatic rings. The molecule has 0 aliphatic carbocycles. The number of fused-ring (bicyclic) bond motifs is 1. The summed E-state index contributed by atoms with van der Waals surface area (Å²) in [4.78, 5) is 29.6. The highest BCUT2D eigenvalue weighted by Crippen LogP contribution is 2.31. The molecule has 0 bridgehead atoms. The van der Waals surface area contributed by atoms with Gasteiger partial charge in [0, 0.05) is 32.2 Å². The second-order valence-electron chi connectivity index (χ2n) is 9.19. The van der Waals surface area contributed by atoms with Gasteiger partial charge in [0.2, 0.25) is 0 Å². The SMILES string of the molecule is C[C@H](NC(=O)O)[C@H](Nc1nc(Nc2ccc3c(c2)c(N(C)C)nn3C)c(C(N)=O)cc1F)c1cccc(F)c1. The molecule has 0 unspecified atom stereocenters. The Morgan fingerprint density at radius 3 is 2.49 bits per heavy atom. The van der Waals surface area contributed by atoms with E-state index < -0.39 is 35.7 Å². The molecule has 204 valence electrons. The molecule has 13 heteroatoms. The third-order valence-corrected chi connectivity index (χ3v) is 6.11. The number of primary amides is 1. The molecule has 2 amide bonds. The number of benzene rings is 2. The van der Waals surface area contributed by atoms with Crippen molar-refractivity contribution in [3.63, 3.8) is 0 Å². The fraction of sp³-hybridized carbons (Fsp3) is 0.231. The quantitative estimate of drug-likeness (QED) is 0.215. The van der Waals surface area contributed by atoms with Crippen molar-refractivity contribution in [2.75, 3.05) is 29.6 Å². The molecule has 2 aromatic heterocycles. The number of aryl methyl sites for hydroxylation is 1. The van der Waals surface area contributed by atoms with Gasteiger partial charge in [-0.15, -0.1) is 0 Å². The van der Waals surface area contributed by atoms with Gasteiger partial charge in [-0.3, -0.25) is 9.48 Å². The molecule has 2 atom stereocenters. The first-order valence-electron chi connectivity index (χ1n) is 11.9. The minimum atomic E-state index is -1.31. The number of nitrogens with zero attached hydrogens (tertiary/aromatic N) is 4. The lowest BCUT2D eigenvalue weighted by atomic mass is 10.00. The van der Waals surface area contributed by atoms with Gasteiger partial charge < -0.3 is 31.7 Å². The van der Waals surface area contributed by atoms with Crippen molar-refractivity contribution in [2.45, 2.75) is 19.0 Å². The first-order valence-corrected chi connectivity index (χ1v) is 11.9. The van der Waals surface area contributed by atoms with E-state index in [1.54, 1.807) is 16.8 Å². The number of rotatable bonds is 9. The Balaban J connectivity index is 1.75. The zero-order chi connectivity index (χ0) is 28.4. The fourth-order valence-corrected chi connectivity index (χ4v) is 4.29. The molecule has 39 heavy (non-hydrogen) atoms. The molecule has 0 saturated carbocycles. The summed E-state index contributed by atoms with van der Waals surface area (Å²) in [6.45, 7) is 1.54. The van der Waals surface area contributed by atoms with E-state index in [0.29, 0.717) is 11.3 Å². The van der Waals surface area contributed by atoms with Crippen LogP contribution in [-0.4, -0.2) is 52.0 Å². The summed E-state index contributed by atoms with van der Waals surface area (Å²) < 4.78 is 30.9. The van der Waals surface area contributed by atoms with E-state index >= 15 is 4.39 Å². The predicted molar refractivity (Wildman–Crippen MR) is 144 cm³/mol. The molecular formula is C26H28F2N8O3. The number of anilines is 4. The lowest BCUT2D eigenvalue weighted by Crippen LogP contribution is -2.39. The average Bonchev–Trinajstić information content (AvgIpc) is 3.19. The van der Waals surface area contributed by atoms with Crippen LogP contribution >= 0.6 is 0 Å². The summed E-state index contributed by atoms with van der Waals surface area (Å²) in [6, 6.07) is 10.1. The van der Waals surface area contributed by atoms with Crippen LogP contribution in [0.3, 0.4) is 0 Å². The average molecular weight is 539 g/mol. The topological polar surface area (TPSA) is 150 Å². The van der Waals surface area contributed by atoms with E-state index in [1.807, 2.05) is 38.2 Å². The van der Waals surface area contributed by atoms with Gasteiger partial charge in [0.15, 0.2) is 17.5 Å². The highest BCUT2D eigenvalue weighted by molar-refractivity contribution is 5.99. The smallest absolute Gasteiger partial charge is 0.404 e. The van der Waals surface area contributed by atoms with Crippen LogP contribution in [0.15, 0.2) is 48.5 Å². The van der Waals surface area contributed by atoms with Gasteiger partial charge in [-0.05, 0) is 48.9 Å². The van der Waals surface area contributed by atoms with Crippen LogP contribution < -0.4 is 26.6 Å². The molecule has 11 nitrogen and oxygen atoms in total. The van der Waals surface area contributed by atoms with Gasteiger partial charge in [0.05, 0.1) is 23.2 Å². The maximum absolute atomic E-state index is 15.2. The van der Waals surface area contributed by atoms with Crippen LogP contribution in [0, 0.1) is 11.6 Å². The maximum atomic E-state index is 15.2. The first kappa shape index (κ1) is 27.1. The van der Waals surface area contributed by atoms with Crippen LogP contribution in [0.2, 0.25) is 0 Å². The Labute approximate surface area is 222 Å². The Morgan fingerprint density at radius 1 is 1.10 bits per heavy atom. The third kappa shape index (κ3) is 5.81. The lowest BCUT2D eigenvalue weighted by Gasteiger charge is -2.26. The second-order valence-corrected chi connectivity index (χ2v) is 9.19. The Kier molecular flexibility index (Phi) is 7.51. The third-order valence-electron chi connectivity index (χ3n) is 6.11. The summed E-state index contributed by atoms with van der Waals surface area (Å²) >= 11 is 0. The first-order chi connectivity index (χ1) is 18.4. The van der Waals surface area contributed by atoms with Crippen molar-refractivity contribution in [3.05, 3.63) is 71.3 Å². The van der Waals surface area contributed by atoms with Gasteiger partial charge >= 0.3 is 6.09 Å². The predicted octanol–water partition coefficient (Wildman–Crippen LogP) is 3.96. The normalized spacial score (nSPS) is 12.6. The van der Waals surface area contributed by atoms with Crippen molar-refractivity contribution < 1.29 is 23.5 Å². The van der Waals surface area contributed by atoms with Crippen molar-refractivity contribution in [3.8, 4) is 0 Å². The minimum Gasteiger partial charge on any atom is -0.465 e. The van der Waals surface area contributed by atoms with E-state index in [-0.39, 0.29) is 17.2 Å². The maximum Gasteiger partial charge on any atom is 0.404 e. The number of carboxylic acid groups (broad SMARTS) is 1. The number of amides is 2. The number of carbonyl (C=O) groups is 2. The van der Waals surface area contributed by atoms with Crippen molar-refractivity contribution in [2.24, 2.45) is 12.8 Å². The number of hydrogen-bond donors (Lipinski definition) is 5. The van der Waals surface area contributed by atoms with Crippen LogP contribution in [0.5, 0.6) is 0 Å². The molecular weight excluding hydrogens is 510 g/mol. The van der Waals surface area contributed by atoms with Crippen molar-refractivity contribution in [1.29, 1.82) is 0 Å². The largest absolute Gasteiger partial charge is 0.465 e. The minimum absolute atomic E-state index is 0.0297. The molecule has 6 N–H and O–H groups in total. The monoisotopic (exact) mass is 538 g/mol. The Bertz CT molecular complexity index is 1560. The van der Waals surface area contributed by atoms with Gasteiger partial charge in [-0.25, -0.2) is 18.6 Å². The summed E-state index contributed by atoms with van der Waals surface area (Å²) in [5, 5.41) is 22.7. The molecule has 2 heterocycles.